The quantitative estimate of drug-likeness (QED) is 0.486. The second kappa shape index (κ2) is 7.46. The summed E-state index contributed by atoms with van der Waals surface area (Å²) in [5.74, 6) is 1.30. The van der Waals surface area contributed by atoms with Gasteiger partial charge in [-0.3, -0.25) is 4.79 Å². The molecule has 26 heavy (non-hydrogen) atoms. The number of thioether (sulfide) groups is 1. The molecule has 3 rings (SSSR count). The Morgan fingerprint density at radius 2 is 1.65 bits per heavy atom. The van der Waals surface area contributed by atoms with Crippen molar-refractivity contribution in [2.45, 2.75) is 32.9 Å². The number of carbonyl (C=O) groups excluding carboxylic acids is 1. The molecule has 134 valence electrons. The average molecular weight is 366 g/mol. The smallest absolute Gasteiger partial charge is 0.191 e. The summed E-state index contributed by atoms with van der Waals surface area (Å²) in [6.07, 6.45) is 0. The molecule has 0 atom stereocenters. The number of rotatable bonds is 5. The number of hydrogen-bond donors (Lipinski definition) is 0. The first-order chi connectivity index (χ1) is 12.4. The number of carbonyl (C=O) groups is 1. The largest absolute Gasteiger partial charge is 0.305 e. The van der Waals surface area contributed by atoms with Crippen LogP contribution in [0.4, 0.5) is 0 Å². The first kappa shape index (κ1) is 18.4. The molecule has 0 aliphatic rings. The van der Waals surface area contributed by atoms with Crippen molar-refractivity contribution in [2.24, 2.45) is 7.05 Å². The molecule has 0 bridgehead atoms. The van der Waals surface area contributed by atoms with Crippen LogP contribution in [-0.4, -0.2) is 26.3 Å². The number of benzene rings is 2. The second-order valence-corrected chi connectivity index (χ2v) is 7.61. The summed E-state index contributed by atoms with van der Waals surface area (Å²) in [5, 5.41) is 9.36. The van der Waals surface area contributed by atoms with E-state index in [1.165, 1.54) is 17.3 Å². The molecule has 0 saturated heterocycles. The molecule has 2 aromatic carbocycles. The lowest BCUT2D eigenvalue weighted by Crippen LogP contribution is -2.08. The molecule has 0 unspecified atom stereocenters. The summed E-state index contributed by atoms with van der Waals surface area (Å²) in [7, 11) is 1.94. The van der Waals surface area contributed by atoms with E-state index in [1.807, 2.05) is 43.7 Å². The number of aromatic nitrogens is 3. The fraction of sp³-hybridized carbons (Fsp3) is 0.286. The molecular weight excluding hydrogens is 342 g/mol. The van der Waals surface area contributed by atoms with Crippen molar-refractivity contribution >= 4 is 17.5 Å². The highest BCUT2D eigenvalue weighted by Gasteiger charge is 2.17. The van der Waals surface area contributed by atoms with E-state index >= 15 is 0 Å². The first-order valence-electron chi connectivity index (χ1n) is 8.57. The minimum atomic E-state index is 0.130. The highest BCUT2D eigenvalue weighted by molar-refractivity contribution is 7.99. The molecule has 1 heterocycles. The van der Waals surface area contributed by atoms with Gasteiger partial charge in [0.1, 0.15) is 0 Å². The van der Waals surface area contributed by atoms with E-state index in [9.17, 15) is 4.79 Å². The van der Waals surface area contributed by atoms with Crippen molar-refractivity contribution in [3.63, 3.8) is 0 Å². The van der Waals surface area contributed by atoms with Gasteiger partial charge in [0.15, 0.2) is 16.8 Å². The van der Waals surface area contributed by atoms with Crippen LogP contribution in [0.15, 0.2) is 41.6 Å². The van der Waals surface area contributed by atoms with Crippen molar-refractivity contribution in [3.8, 4) is 11.4 Å². The summed E-state index contributed by atoms with van der Waals surface area (Å²) in [4.78, 5) is 12.7. The van der Waals surface area contributed by atoms with Crippen LogP contribution in [-0.2, 0) is 7.05 Å². The van der Waals surface area contributed by atoms with Crippen molar-refractivity contribution in [3.05, 3.63) is 64.2 Å². The van der Waals surface area contributed by atoms with Gasteiger partial charge in [-0.1, -0.05) is 53.7 Å². The Hall–Kier alpha value is -2.40. The minimum absolute atomic E-state index is 0.130. The van der Waals surface area contributed by atoms with E-state index in [0.29, 0.717) is 5.75 Å². The molecule has 0 aliphatic heterocycles. The number of ketones is 1. The highest BCUT2D eigenvalue weighted by Crippen LogP contribution is 2.26. The lowest BCUT2D eigenvalue weighted by Gasteiger charge is -2.10. The van der Waals surface area contributed by atoms with Crippen LogP contribution >= 0.6 is 11.8 Å². The maximum absolute atomic E-state index is 12.7. The second-order valence-electron chi connectivity index (χ2n) is 6.67. The van der Waals surface area contributed by atoms with E-state index < -0.39 is 0 Å². The summed E-state index contributed by atoms with van der Waals surface area (Å²) in [5.41, 5.74) is 6.29. The molecule has 0 saturated carbocycles. The third kappa shape index (κ3) is 3.58. The van der Waals surface area contributed by atoms with Gasteiger partial charge in [-0.2, -0.15) is 0 Å². The Labute approximate surface area is 158 Å². The van der Waals surface area contributed by atoms with Crippen LogP contribution in [0, 0.1) is 27.7 Å². The molecule has 4 nitrogen and oxygen atoms in total. The maximum atomic E-state index is 12.7. The van der Waals surface area contributed by atoms with Gasteiger partial charge in [0, 0.05) is 18.2 Å². The summed E-state index contributed by atoms with van der Waals surface area (Å²) < 4.78 is 1.95. The van der Waals surface area contributed by atoms with E-state index in [2.05, 4.69) is 42.2 Å². The topological polar surface area (TPSA) is 47.8 Å². The normalized spacial score (nSPS) is 11.0. The molecule has 1 aromatic heterocycles. The molecule has 0 spiro atoms. The fourth-order valence-electron chi connectivity index (χ4n) is 3.32. The first-order valence-corrected chi connectivity index (χ1v) is 9.56. The zero-order chi connectivity index (χ0) is 18.8. The average Bonchev–Trinajstić information content (AvgIpc) is 2.93. The SMILES string of the molecule is Cc1cc(C)c(C(=O)CSc2nnc(-c3ccccc3C)n2C)c(C)c1. The molecule has 0 amide bonds. The zero-order valence-electron chi connectivity index (χ0n) is 15.8. The third-order valence-corrected chi connectivity index (χ3v) is 5.53. The predicted octanol–water partition coefficient (Wildman–Crippen LogP) is 4.69. The van der Waals surface area contributed by atoms with Gasteiger partial charge in [-0.05, 0) is 44.4 Å². The highest BCUT2D eigenvalue weighted by atomic mass is 32.2. The summed E-state index contributed by atoms with van der Waals surface area (Å²) in [6, 6.07) is 12.2. The van der Waals surface area contributed by atoms with Crippen LogP contribution in [0.2, 0.25) is 0 Å². The van der Waals surface area contributed by atoms with Crippen molar-refractivity contribution in [1.82, 2.24) is 14.8 Å². The fourth-order valence-corrected chi connectivity index (χ4v) is 4.10. The lowest BCUT2D eigenvalue weighted by molar-refractivity contribution is 0.102. The Balaban J connectivity index is 1.79. The van der Waals surface area contributed by atoms with Crippen LogP contribution in [0.1, 0.15) is 32.6 Å². The molecule has 0 aliphatic carbocycles. The van der Waals surface area contributed by atoms with Gasteiger partial charge in [0.2, 0.25) is 0 Å². The van der Waals surface area contributed by atoms with Crippen LogP contribution in [0.25, 0.3) is 11.4 Å². The Morgan fingerprint density at radius 3 is 2.31 bits per heavy atom. The number of Topliss-reactive ketones (excluding diaryl/α,β-unsaturated/α-hetero) is 1. The molecule has 3 aromatic rings. The molecule has 0 fully saturated rings. The van der Waals surface area contributed by atoms with Crippen molar-refractivity contribution < 1.29 is 4.79 Å². The van der Waals surface area contributed by atoms with Crippen molar-refractivity contribution in [1.29, 1.82) is 0 Å². The van der Waals surface area contributed by atoms with Crippen LogP contribution in [0.5, 0.6) is 0 Å². The molecule has 0 N–H and O–H groups in total. The van der Waals surface area contributed by atoms with Crippen molar-refractivity contribution in [2.75, 3.05) is 5.75 Å². The van der Waals surface area contributed by atoms with Gasteiger partial charge < -0.3 is 4.57 Å². The standard InChI is InChI=1S/C21H23N3OS/c1-13-10-15(3)19(16(4)11-13)18(25)12-26-21-23-22-20(24(21)5)17-9-7-6-8-14(17)2/h6-11H,12H2,1-5H3. The predicted molar refractivity (Wildman–Crippen MR) is 107 cm³/mol. The van der Waals surface area contributed by atoms with E-state index in [1.54, 1.807) is 0 Å². The summed E-state index contributed by atoms with van der Waals surface area (Å²) in [6.45, 7) is 8.10. The van der Waals surface area contributed by atoms with Gasteiger partial charge in [-0.15, -0.1) is 10.2 Å². The van der Waals surface area contributed by atoms with Crippen LogP contribution in [0.3, 0.4) is 0 Å². The molecular formula is C21H23N3OS. The number of aryl methyl sites for hydroxylation is 4. The van der Waals surface area contributed by atoms with E-state index in [-0.39, 0.29) is 5.78 Å². The maximum Gasteiger partial charge on any atom is 0.191 e. The third-order valence-electron chi connectivity index (χ3n) is 4.51. The van der Waals surface area contributed by atoms with E-state index in [0.717, 1.165) is 38.8 Å². The molecule has 5 heteroatoms. The zero-order valence-corrected chi connectivity index (χ0v) is 16.6. The van der Waals surface area contributed by atoms with Gasteiger partial charge in [-0.25, -0.2) is 0 Å². The van der Waals surface area contributed by atoms with Gasteiger partial charge >= 0.3 is 0 Å². The summed E-state index contributed by atoms with van der Waals surface area (Å²) >= 11 is 1.43. The monoisotopic (exact) mass is 365 g/mol. The van der Waals surface area contributed by atoms with Gasteiger partial charge in [0.25, 0.3) is 0 Å². The molecule has 0 radical (unpaired) electrons. The Bertz CT molecular complexity index is 952. The minimum Gasteiger partial charge on any atom is -0.305 e. The number of nitrogens with zero attached hydrogens (tertiary/aromatic N) is 3. The van der Waals surface area contributed by atoms with Crippen LogP contribution < -0.4 is 0 Å². The lowest BCUT2D eigenvalue weighted by atomic mass is 9.97. The van der Waals surface area contributed by atoms with Gasteiger partial charge in [0.05, 0.1) is 5.75 Å². The number of hydrogen-bond acceptors (Lipinski definition) is 4. The Morgan fingerprint density at radius 1 is 1.00 bits per heavy atom. The van der Waals surface area contributed by atoms with E-state index in [4.69, 9.17) is 0 Å². The Kier molecular flexibility index (Phi) is 5.28.